The zero-order chi connectivity index (χ0) is 16.4. The Kier molecular flexibility index (Phi) is 6.41. The predicted molar refractivity (Wildman–Crippen MR) is 75.5 cm³/mol. The number of esters is 1. The van der Waals surface area contributed by atoms with Crippen LogP contribution in [0.1, 0.15) is 13.8 Å². The summed E-state index contributed by atoms with van der Waals surface area (Å²) >= 11 is 1.22. The van der Waals surface area contributed by atoms with Crippen LogP contribution >= 0.6 is 11.8 Å². The van der Waals surface area contributed by atoms with Gasteiger partial charge in [0.05, 0.1) is 19.1 Å². The van der Waals surface area contributed by atoms with Crippen LogP contribution in [-0.4, -0.2) is 85.8 Å². The van der Waals surface area contributed by atoms with Gasteiger partial charge in [0.1, 0.15) is 30.5 Å². The van der Waals surface area contributed by atoms with Gasteiger partial charge in [0.15, 0.2) is 0 Å². The second-order valence-corrected chi connectivity index (χ2v) is 7.28. The fourth-order valence-corrected chi connectivity index (χ4v) is 3.61. The van der Waals surface area contributed by atoms with Gasteiger partial charge >= 0.3 is 5.97 Å². The van der Waals surface area contributed by atoms with Crippen LogP contribution in [0.25, 0.3) is 0 Å². The number of thioether (sulfide) groups is 1. The molecule has 0 aromatic rings. The zero-order valence-electron chi connectivity index (χ0n) is 12.1. The summed E-state index contributed by atoms with van der Waals surface area (Å²) in [7, 11) is 1.25. The van der Waals surface area contributed by atoms with Gasteiger partial charge in [-0.2, -0.15) is 0 Å². The molecule has 124 valence electrons. The molecule has 1 aliphatic heterocycles. The third-order valence-corrected chi connectivity index (χ3v) is 5.00. The van der Waals surface area contributed by atoms with Gasteiger partial charge in [0, 0.05) is 4.75 Å². The van der Waals surface area contributed by atoms with Crippen LogP contribution in [0.3, 0.4) is 0 Å². The van der Waals surface area contributed by atoms with E-state index in [2.05, 4.69) is 10.1 Å². The lowest BCUT2D eigenvalue weighted by atomic mass is 10.0. The molecule has 8 nitrogen and oxygen atoms in total. The number of aliphatic hydroxyl groups is 5. The number of methoxy groups -OCH3 is 1. The second-order valence-electron chi connectivity index (χ2n) is 5.49. The topological polar surface area (TPSA) is 139 Å². The van der Waals surface area contributed by atoms with E-state index in [-0.39, 0.29) is 0 Å². The summed E-state index contributed by atoms with van der Waals surface area (Å²) in [4.78, 5) is 11.7. The number of hydrogen-bond acceptors (Lipinski definition) is 9. The minimum Gasteiger partial charge on any atom is -0.468 e. The highest BCUT2D eigenvalue weighted by atomic mass is 32.2. The Morgan fingerprint density at radius 1 is 1.29 bits per heavy atom. The standard InChI is InChI=1S/C12H23NO7S/c1-12(2)9(11(19)20-3)13-10(21-12)8(18)7(17)6(16)5(15)4-14/h5-10,13-18H,4H2,1-3H3/t5-,6-,7-,8-,9-,10+/m1/s1. The highest BCUT2D eigenvalue weighted by Crippen LogP contribution is 2.40. The molecule has 1 heterocycles. The molecule has 1 fully saturated rings. The van der Waals surface area contributed by atoms with Gasteiger partial charge in [-0.15, -0.1) is 11.8 Å². The number of aliphatic hydroxyl groups excluding tert-OH is 5. The van der Waals surface area contributed by atoms with Gasteiger partial charge in [0.2, 0.25) is 0 Å². The Bertz CT molecular complexity index is 368. The van der Waals surface area contributed by atoms with Crippen molar-refractivity contribution in [3.05, 3.63) is 0 Å². The second kappa shape index (κ2) is 7.23. The van der Waals surface area contributed by atoms with Gasteiger partial charge in [0.25, 0.3) is 0 Å². The average Bonchev–Trinajstić information content (AvgIpc) is 2.78. The van der Waals surface area contributed by atoms with Gasteiger partial charge in [-0.3, -0.25) is 10.1 Å². The van der Waals surface area contributed by atoms with E-state index in [1.54, 1.807) is 13.8 Å². The van der Waals surface area contributed by atoms with E-state index >= 15 is 0 Å². The summed E-state index contributed by atoms with van der Waals surface area (Å²) in [6, 6.07) is -0.681. The first kappa shape index (κ1) is 18.6. The summed E-state index contributed by atoms with van der Waals surface area (Å²) in [6.07, 6.45) is -6.39. The number of nitrogens with one attached hydrogen (secondary N) is 1. The van der Waals surface area contributed by atoms with E-state index in [9.17, 15) is 25.2 Å². The van der Waals surface area contributed by atoms with Crippen LogP contribution in [0.4, 0.5) is 0 Å². The van der Waals surface area contributed by atoms with E-state index in [0.29, 0.717) is 0 Å². The van der Waals surface area contributed by atoms with E-state index < -0.39 is 53.2 Å². The lowest BCUT2D eigenvalue weighted by molar-refractivity contribution is -0.144. The Balaban J connectivity index is 2.76. The third kappa shape index (κ3) is 4.07. The lowest BCUT2D eigenvalue weighted by Gasteiger charge is -2.29. The SMILES string of the molecule is COC(=O)[C@H]1N[C@H]([C@H](O)[C@H](O)[C@H](O)[C@H](O)CO)SC1(C)C. The Hall–Kier alpha value is -0.420. The summed E-state index contributed by atoms with van der Waals surface area (Å²) in [6.45, 7) is 2.82. The third-order valence-electron chi connectivity index (χ3n) is 3.49. The normalized spacial score (nSPS) is 30.5. The van der Waals surface area contributed by atoms with Crippen LogP contribution in [0.2, 0.25) is 0 Å². The molecule has 0 saturated carbocycles. The molecule has 0 aromatic heterocycles. The van der Waals surface area contributed by atoms with Crippen LogP contribution in [-0.2, 0) is 9.53 Å². The maximum Gasteiger partial charge on any atom is 0.324 e. The first-order valence-electron chi connectivity index (χ1n) is 6.50. The number of carbonyl (C=O) groups excluding carboxylic acids is 1. The van der Waals surface area contributed by atoms with Crippen molar-refractivity contribution >= 4 is 17.7 Å². The van der Waals surface area contributed by atoms with E-state index in [4.69, 9.17) is 5.11 Å². The van der Waals surface area contributed by atoms with Crippen molar-refractivity contribution in [1.82, 2.24) is 5.32 Å². The molecule has 1 saturated heterocycles. The van der Waals surface area contributed by atoms with Crippen LogP contribution in [0, 0.1) is 0 Å². The van der Waals surface area contributed by atoms with Crippen LogP contribution in [0.5, 0.6) is 0 Å². The molecule has 0 radical (unpaired) electrons. The van der Waals surface area contributed by atoms with Gasteiger partial charge in [-0.1, -0.05) is 0 Å². The molecule has 1 aliphatic rings. The van der Waals surface area contributed by atoms with E-state index in [1.165, 1.54) is 18.9 Å². The number of carbonyl (C=O) groups is 1. The van der Waals surface area contributed by atoms with Crippen molar-refractivity contribution in [2.75, 3.05) is 13.7 Å². The fourth-order valence-electron chi connectivity index (χ4n) is 2.15. The van der Waals surface area contributed by atoms with E-state index in [1.807, 2.05) is 0 Å². The van der Waals surface area contributed by atoms with Crippen molar-refractivity contribution in [1.29, 1.82) is 0 Å². The molecule has 0 unspecified atom stereocenters. The molecule has 21 heavy (non-hydrogen) atoms. The highest BCUT2D eigenvalue weighted by molar-refractivity contribution is 8.01. The van der Waals surface area contributed by atoms with Crippen molar-refractivity contribution in [2.24, 2.45) is 0 Å². The molecule has 6 N–H and O–H groups in total. The Morgan fingerprint density at radius 3 is 2.33 bits per heavy atom. The summed E-state index contributed by atoms with van der Waals surface area (Å²) < 4.78 is 4.10. The quantitative estimate of drug-likeness (QED) is 0.290. The summed E-state index contributed by atoms with van der Waals surface area (Å²) in [5, 5.41) is 49.7. The molecule has 0 aliphatic carbocycles. The summed E-state index contributed by atoms with van der Waals surface area (Å²) in [5.74, 6) is -0.493. The first-order valence-corrected chi connectivity index (χ1v) is 7.38. The van der Waals surface area contributed by atoms with Crippen molar-refractivity contribution in [3.63, 3.8) is 0 Å². The van der Waals surface area contributed by atoms with Gasteiger partial charge < -0.3 is 30.3 Å². The van der Waals surface area contributed by atoms with Crippen molar-refractivity contribution < 1.29 is 35.1 Å². The van der Waals surface area contributed by atoms with Crippen LogP contribution < -0.4 is 5.32 Å². The molecule has 1 rings (SSSR count). The smallest absolute Gasteiger partial charge is 0.324 e. The predicted octanol–water partition coefficient (Wildman–Crippen LogP) is -2.59. The molecule has 0 spiro atoms. The summed E-state index contributed by atoms with van der Waals surface area (Å²) in [5.41, 5.74) is 0. The molecular weight excluding hydrogens is 302 g/mol. The Labute approximate surface area is 127 Å². The molecule has 6 atom stereocenters. The maximum atomic E-state index is 11.7. The van der Waals surface area contributed by atoms with Gasteiger partial charge in [-0.25, -0.2) is 0 Å². The lowest BCUT2D eigenvalue weighted by Crippen LogP contribution is -2.53. The fraction of sp³-hybridized carbons (Fsp3) is 0.917. The first-order chi connectivity index (χ1) is 9.65. The molecule has 0 aromatic carbocycles. The van der Waals surface area contributed by atoms with E-state index in [0.717, 1.165) is 0 Å². The van der Waals surface area contributed by atoms with Crippen LogP contribution in [0.15, 0.2) is 0 Å². The zero-order valence-corrected chi connectivity index (χ0v) is 12.9. The molecule has 0 bridgehead atoms. The minimum absolute atomic E-state index is 0.493. The maximum absolute atomic E-state index is 11.7. The Morgan fingerprint density at radius 2 is 1.86 bits per heavy atom. The van der Waals surface area contributed by atoms with Crippen molar-refractivity contribution in [3.8, 4) is 0 Å². The largest absolute Gasteiger partial charge is 0.468 e. The van der Waals surface area contributed by atoms with Gasteiger partial charge in [-0.05, 0) is 13.8 Å². The molecule has 9 heteroatoms. The number of hydrogen-bond donors (Lipinski definition) is 6. The number of ether oxygens (including phenoxy) is 1. The molecule has 0 amide bonds. The average molecular weight is 325 g/mol. The highest BCUT2D eigenvalue weighted by Gasteiger charge is 2.49. The minimum atomic E-state index is -1.70. The van der Waals surface area contributed by atoms with Crippen molar-refractivity contribution in [2.45, 2.75) is 54.4 Å². The number of rotatable bonds is 6. The molecular formula is C12H23NO7S. The monoisotopic (exact) mass is 325 g/mol.